The van der Waals surface area contributed by atoms with Crippen molar-refractivity contribution in [2.75, 3.05) is 11.4 Å². The van der Waals surface area contributed by atoms with E-state index in [1.807, 2.05) is 53.4 Å². The summed E-state index contributed by atoms with van der Waals surface area (Å²) in [4.78, 5) is 19.7. The molecule has 0 N–H and O–H groups in total. The highest BCUT2D eigenvalue weighted by Gasteiger charge is 2.35. The number of nitrogens with zero attached hydrogens (tertiary/aromatic N) is 3. The molecule has 150 valence electrons. The van der Waals surface area contributed by atoms with Crippen LogP contribution in [0.15, 0.2) is 78.9 Å². The van der Waals surface area contributed by atoms with E-state index in [0.29, 0.717) is 18.0 Å². The number of rotatable bonds is 4. The minimum atomic E-state index is 0.0232. The van der Waals surface area contributed by atoms with Crippen molar-refractivity contribution in [3.8, 4) is 0 Å². The lowest BCUT2D eigenvalue weighted by atomic mass is 10.0. The Labute approximate surface area is 180 Å². The Kier molecular flexibility index (Phi) is 4.80. The average Bonchev–Trinajstić information content (AvgIpc) is 3.34. The van der Waals surface area contributed by atoms with Crippen LogP contribution in [0.5, 0.6) is 0 Å². The fourth-order valence-electron chi connectivity index (χ4n) is 4.41. The van der Waals surface area contributed by atoms with E-state index in [1.54, 1.807) is 0 Å². The zero-order valence-electron chi connectivity index (χ0n) is 16.7. The number of para-hydroxylation sites is 2. The topological polar surface area (TPSA) is 38.1 Å². The van der Waals surface area contributed by atoms with Crippen LogP contribution in [-0.2, 0) is 4.79 Å². The van der Waals surface area contributed by atoms with E-state index in [2.05, 4.69) is 41.8 Å². The molecule has 4 aromatic rings. The van der Waals surface area contributed by atoms with E-state index in [1.165, 1.54) is 5.56 Å². The van der Waals surface area contributed by atoms with Gasteiger partial charge in [0.15, 0.2) is 0 Å². The van der Waals surface area contributed by atoms with Gasteiger partial charge in [-0.25, -0.2) is 4.98 Å². The molecule has 5 rings (SSSR count). The summed E-state index contributed by atoms with van der Waals surface area (Å²) in [6.45, 7) is 2.79. The van der Waals surface area contributed by atoms with Crippen LogP contribution < -0.4 is 4.90 Å². The Morgan fingerprint density at radius 1 is 1.00 bits per heavy atom. The van der Waals surface area contributed by atoms with Crippen LogP contribution in [0, 0.1) is 0 Å². The van der Waals surface area contributed by atoms with Crippen LogP contribution in [0.4, 0.5) is 5.69 Å². The molecule has 1 aliphatic heterocycles. The Hall–Kier alpha value is -3.11. The molecular weight excluding hydrogens is 394 g/mol. The molecule has 1 fully saturated rings. The van der Waals surface area contributed by atoms with Gasteiger partial charge in [-0.3, -0.25) is 4.79 Å². The Morgan fingerprint density at radius 3 is 2.57 bits per heavy atom. The van der Waals surface area contributed by atoms with Gasteiger partial charge in [0.1, 0.15) is 5.82 Å². The lowest BCUT2D eigenvalue weighted by Gasteiger charge is -2.21. The van der Waals surface area contributed by atoms with E-state index in [9.17, 15) is 4.79 Å². The molecule has 30 heavy (non-hydrogen) atoms. The van der Waals surface area contributed by atoms with Gasteiger partial charge in [-0.1, -0.05) is 60.1 Å². The van der Waals surface area contributed by atoms with Crippen LogP contribution in [0.1, 0.15) is 36.7 Å². The molecule has 1 amide bonds. The van der Waals surface area contributed by atoms with Crippen molar-refractivity contribution in [2.45, 2.75) is 25.3 Å². The number of fused-ring (bicyclic) bond motifs is 1. The van der Waals surface area contributed by atoms with Gasteiger partial charge in [0.25, 0.3) is 0 Å². The van der Waals surface area contributed by atoms with Gasteiger partial charge >= 0.3 is 0 Å². The highest BCUT2D eigenvalue weighted by atomic mass is 35.5. The fourth-order valence-corrected chi connectivity index (χ4v) is 4.60. The molecule has 1 aliphatic rings. The van der Waals surface area contributed by atoms with Crippen LogP contribution >= 0.6 is 11.6 Å². The van der Waals surface area contributed by atoms with Gasteiger partial charge in [0.2, 0.25) is 5.91 Å². The van der Waals surface area contributed by atoms with Crippen LogP contribution in [-0.4, -0.2) is 22.0 Å². The first-order valence-corrected chi connectivity index (χ1v) is 10.6. The van der Waals surface area contributed by atoms with Gasteiger partial charge in [-0.2, -0.15) is 0 Å². The molecule has 2 atom stereocenters. The van der Waals surface area contributed by atoms with Crippen molar-refractivity contribution in [3.05, 3.63) is 95.3 Å². The summed E-state index contributed by atoms with van der Waals surface area (Å²) in [7, 11) is 0. The molecule has 4 nitrogen and oxygen atoms in total. The largest absolute Gasteiger partial charge is 0.320 e. The van der Waals surface area contributed by atoms with Gasteiger partial charge in [0.05, 0.1) is 17.1 Å². The molecule has 0 spiro atoms. The summed E-state index contributed by atoms with van der Waals surface area (Å²) < 4.78 is 2.30. The van der Waals surface area contributed by atoms with Gasteiger partial charge in [-0.15, -0.1) is 0 Å². The maximum absolute atomic E-state index is 12.9. The number of carbonyl (C=O) groups is 1. The lowest BCUT2D eigenvalue weighted by Crippen LogP contribution is -2.24. The van der Waals surface area contributed by atoms with E-state index >= 15 is 0 Å². The van der Waals surface area contributed by atoms with Crippen LogP contribution in [0.3, 0.4) is 0 Å². The number of amides is 1. The van der Waals surface area contributed by atoms with Crippen molar-refractivity contribution < 1.29 is 4.79 Å². The summed E-state index contributed by atoms with van der Waals surface area (Å²) in [5, 5.41) is 0.633. The zero-order chi connectivity index (χ0) is 20.7. The molecule has 0 radical (unpaired) electrons. The fraction of sp³-hybridized carbons (Fsp3) is 0.200. The molecule has 0 saturated carbocycles. The number of imidazole rings is 1. The Morgan fingerprint density at radius 2 is 1.77 bits per heavy atom. The first kappa shape index (κ1) is 18.9. The maximum atomic E-state index is 12.9. The first-order valence-electron chi connectivity index (χ1n) is 10.2. The quantitative estimate of drug-likeness (QED) is 0.421. The number of anilines is 1. The van der Waals surface area contributed by atoms with Crippen molar-refractivity contribution in [1.29, 1.82) is 0 Å². The maximum Gasteiger partial charge on any atom is 0.227 e. The Bertz CT molecular complexity index is 1220. The summed E-state index contributed by atoms with van der Waals surface area (Å²) >= 11 is 6.16. The van der Waals surface area contributed by atoms with E-state index in [-0.39, 0.29) is 17.9 Å². The summed E-state index contributed by atoms with van der Waals surface area (Å²) in [5.41, 5.74) is 4.12. The molecule has 1 aromatic heterocycles. The first-order chi connectivity index (χ1) is 14.6. The number of benzene rings is 3. The predicted molar refractivity (Wildman–Crippen MR) is 121 cm³/mol. The van der Waals surface area contributed by atoms with Gasteiger partial charge < -0.3 is 9.47 Å². The average molecular weight is 416 g/mol. The van der Waals surface area contributed by atoms with Crippen molar-refractivity contribution in [2.24, 2.45) is 0 Å². The second-order valence-corrected chi connectivity index (χ2v) is 8.24. The second kappa shape index (κ2) is 7.62. The summed E-state index contributed by atoms with van der Waals surface area (Å²) in [6, 6.07) is 26.2. The minimum Gasteiger partial charge on any atom is -0.320 e. The second-order valence-electron chi connectivity index (χ2n) is 7.80. The minimum absolute atomic E-state index is 0.0232. The number of halogens is 1. The van der Waals surface area contributed by atoms with Crippen LogP contribution in [0.25, 0.3) is 11.0 Å². The van der Waals surface area contributed by atoms with Crippen molar-refractivity contribution in [3.63, 3.8) is 0 Å². The third kappa shape index (κ3) is 3.27. The molecule has 0 aliphatic carbocycles. The van der Waals surface area contributed by atoms with Crippen molar-refractivity contribution in [1.82, 2.24) is 9.55 Å². The number of hydrogen-bond acceptors (Lipinski definition) is 2. The lowest BCUT2D eigenvalue weighted by molar-refractivity contribution is -0.117. The molecule has 5 heteroatoms. The van der Waals surface area contributed by atoms with E-state index in [0.717, 1.165) is 22.5 Å². The summed E-state index contributed by atoms with van der Waals surface area (Å²) in [6.07, 6.45) is 0.442. The van der Waals surface area contributed by atoms with E-state index < -0.39 is 0 Å². The highest BCUT2D eigenvalue weighted by Crippen LogP contribution is 2.36. The SMILES string of the molecule is C[C@@H](c1ccccc1)n1c([C@@H]2CC(=O)N(c3cccc(Cl)c3)C2)nc2ccccc21. The molecule has 0 unspecified atom stereocenters. The molecular formula is C25H22ClN3O. The van der Waals surface area contributed by atoms with E-state index in [4.69, 9.17) is 16.6 Å². The smallest absolute Gasteiger partial charge is 0.227 e. The monoisotopic (exact) mass is 415 g/mol. The normalized spacial score (nSPS) is 17.6. The third-order valence-electron chi connectivity index (χ3n) is 5.90. The Balaban J connectivity index is 1.57. The molecule has 3 aromatic carbocycles. The summed E-state index contributed by atoms with van der Waals surface area (Å²) in [5.74, 6) is 1.09. The zero-order valence-corrected chi connectivity index (χ0v) is 17.5. The van der Waals surface area contributed by atoms with Crippen LogP contribution in [0.2, 0.25) is 5.02 Å². The van der Waals surface area contributed by atoms with Gasteiger partial charge in [0, 0.05) is 29.6 Å². The number of carbonyl (C=O) groups excluding carboxylic acids is 1. The highest BCUT2D eigenvalue weighted by molar-refractivity contribution is 6.30. The molecule has 2 heterocycles. The van der Waals surface area contributed by atoms with Gasteiger partial charge in [-0.05, 0) is 42.8 Å². The number of aromatic nitrogens is 2. The molecule has 1 saturated heterocycles. The third-order valence-corrected chi connectivity index (χ3v) is 6.14. The standard InChI is InChI=1S/C25H22ClN3O/c1-17(18-8-3-2-4-9-18)29-23-13-6-5-12-22(23)27-25(29)19-14-24(30)28(16-19)21-11-7-10-20(26)15-21/h2-13,15,17,19H,14,16H2,1H3/t17-,19+/m0/s1. The molecule has 0 bridgehead atoms. The van der Waals surface area contributed by atoms with Crippen molar-refractivity contribution >= 4 is 34.2 Å². The predicted octanol–water partition coefficient (Wildman–Crippen LogP) is 5.82. The number of hydrogen-bond donors (Lipinski definition) is 0.